The lowest BCUT2D eigenvalue weighted by Gasteiger charge is -2.38. The number of aromatic nitrogens is 1. The van der Waals surface area contributed by atoms with E-state index in [0.717, 1.165) is 5.56 Å². The number of benzene rings is 1. The quantitative estimate of drug-likeness (QED) is 0.0930. The van der Waals surface area contributed by atoms with E-state index >= 15 is 0 Å². The monoisotopic (exact) mass is 563 g/mol. The molecule has 0 spiro atoms. The average Bonchev–Trinajstić information content (AvgIpc) is 2.88. The molecule has 2 heterocycles. The van der Waals surface area contributed by atoms with E-state index in [9.17, 15) is 28.1 Å². The van der Waals surface area contributed by atoms with Gasteiger partial charge in [-0.3, -0.25) is 9.78 Å². The maximum absolute atomic E-state index is 13.7. The number of nitrogens with two attached hydrogens (primary N) is 1. The van der Waals surface area contributed by atoms with Gasteiger partial charge in [-0.1, -0.05) is 24.5 Å². The summed E-state index contributed by atoms with van der Waals surface area (Å²) >= 11 is 0. The minimum absolute atomic E-state index is 0.00918. The lowest BCUT2D eigenvalue weighted by Crippen LogP contribution is -2.56. The molecule has 39 heavy (non-hydrogen) atoms. The van der Waals surface area contributed by atoms with Crippen molar-refractivity contribution in [2.75, 3.05) is 20.2 Å². The summed E-state index contributed by atoms with van der Waals surface area (Å²) in [5, 5.41) is 10.3. The van der Waals surface area contributed by atoms with Crippen molar-refractivity contribution in [2.24, 2.45) is 16.6 Å². The highest BCUT2D eigenvalue weighted by Gasteiger charge is 2.39. The number of nitro groups is 1. The zero-order chi connectivity index (χ0) is 28.7. The predicted octanol–water partition coefficient (Wildman–Crippen LogP) is 0.866. The number of nitrogens with zero attached hydrogens (tertiary/aromatic N) is 4. The number of para-hydroxylation sites is 1. The molecule has 14 nitrogen and oxygen atoms in total. The first kappa shape index (κ1) is 29.7. The number of guanidine groups is 1. The largest absolute Gasteiger partial charge is 0.467 e. The number of carbonyl (C=O) groups excluding carboxylic acids is 2. The van der Waals surface area contributed by atoms with E-state index < -0.39 is 45.0 Å². The lowest BCUT2D eigenvalue weighted by atomic mass is 9.91. The summed E-state index contributed by atoms with van der Waals surface area (Å²) in [6, 6.07) is 4.45. The van der Waals surface area contributed by atoms with Crippen LogP contribution in [0, 0.1) is 23.0 Å². The van der Waals surface area contributed by atoms with E-state index in [1.807, 2.05) is 13.8 Å². The Bertz CT molecular complexity index is 1370. The van der Waals surface area contributed by atoms with Crippen molar-refractivity contribution in [1.82, 2.24) is 20.0 Å². The van der Waals surface area contributed by atoms with E-state index in [1.54, 1.807) is 29.8 Å². The highest BCUT2D eigenvalue weighted by Crippen LogP contribution is 2.26. The van der Waals surface area contributed by atoms with Crippen molar-refractivity contribution in [3.05, 3.63) is 46.1 Å². The smallest absolute Gasteiger partial charge is 0.328 e. The Kier molecular flexibility index (Phi) is 9.75. The maximum Gasteiger partial charge on any atom is 0.328 e. The number of likely N-dealkylation sites (tertiary alicyclic amines) is 1. The number of aliphatic imine (C=N–C) groups is 1. The second kappa shape index (κ2) is 12.8. The number of sulfonamides is 1. The Morgan fingerprint density at radius 1 is 1.38 bits per heavy atom. The molecule has 1 aliphatic heterocycles. The molecule has 1 aromatic heterocycles. The van der Waals surface area contributed by atoms with E-state index in [1.165, 1.54) is 18.1 Å². The van der Waals surface area contributed by atoms with Crippen LogP contribution in [0.5, 0.6) is 0 Å². The van der Waals surface area contributed by atoms with Crippen LogP contribution in [0.1, 0.15) is 38.2 Å². The second-order valence-corrected chi connectivity index (χ2v) is 11.2. The summed E-state index contributed by atoms with van der Waals surface area (Å²) in [7, 11) is -3.01. The van der Waals surface area contributed by atoms with Gasteiger partial charge in [0, 0.05) is 24.7 Å². The van der Waals surface area contributed by atoms with Crippen molar-refractivity contribution in [2.45, 2.75) is 56.5 Å². The van der Waals surface area contributed by atoms with E-state index in [4.69, 9.17) is 10.5 Å². The van der Waals surface area contributed by atoms with Gasteiger partial charge in [-0.2, -0.15) is 4.72 Å². The van der Waals surface area contributed by atoms with Crippen LogP contribution in [-0.2, 0) is 24.3 Å². The number of ether oxygens (including phenoxy) is 1. The lowest BCUT2D eigenvalue weighted by molar-refractivity contribution is -0.525. The normalized spacial score (nSPS) is 18.9. The number of piperidine rings is 1. The van der Waals surface area contributed by atoms with Crippen LogP contribution in [0.3, 0.4) is 0 Å². The molecule has 0 bridgehead atoms. The Morgan fingerprint density at radius 2 is 2.13 bits per heavy atom. The van der Waals surface area contributed by atoms with E-state index in [2.05, 4.69) is 14.7 Å². The number of esters is 1. The fourth-order valence-electron chi connectivity index (χ4n) is 4.53. The van der Waals surface area contributed by atoms with Crippen molar-refractivity contribution in [1.29, 1.82) is 0 Å². The number of hydrazine groups is 1. The van der Waals surface area contributed by atoms with Crippen LogP contribution in [0.25, 0.3) is 10.9 Å². The number of aryl methyl sites for hydroxylation is 1. The Labute approximate surface area is 226 Å². The molecule has 1 saturated heterocycles. The predicted molar refractivity (Wildman–Crippen MR) is 142 cm³/mol. The highest BCUT2D eigenvalue weighted by atomic mass is 32.2. The fraction of sp³-hybridized carbons (Fsp3) is 0.500. The standard InChI is InChI=1S/C24H33N7O7S/c1-15-9-11-30(19(13-15)23(33)38-3)22(32)18(7-5-10-26-24(25)28-31(34)35)29-39(36,37)20-8-4-6-17-12-16(2)14-27-21(17)20/h4,6,8,12,14-15,18-19,29H,5,7,9-11,13H2,1-3H3,(H3,25,26,28)/t15-,18+,19-/m1/s1. The molecule has 15 heteroatoms. The molecule has 2 aromatic rings. The van der Waals surface area contributed by atoms with Crippen LogP contribution in [-0.4, -0.2) is 73.5 Å². The second-order valence-electron chi connectivity index (χ2n) is 9.49. The zero-order valence-electron chi connectivity index (χ0n) is 22.0. The Morgan fingerprint density at radius 3 is 2.82 bits per heavy atom. The zero-order valence-corrected chi connectivity index (χ0v) is 22.8. The molecular formula is C24H33N7O7S. The van der Waals surface area contributed by atoms with Gasteiger partial charge < -0.3 is 15.4 Å². The minimum atomic E-state index is -4.24. The van der Waals surface area contributed by atoms with Gasteiger partial charge in [0.25, 0.3) is 5.96 Å². The minimum Gasteiger partial charge on any atom is -0.467 e. The first-order valence-electron chi connectivity index (χ1n) is 12.4. The Hall–Kier alpha value is -3.85. The van der Waals surface area contributed by atoms with Crippen LogP contribution < -0.4 is 15.9 Å². The molecular weight excluding hydrogens is 530 g/mol. The number of methoxy groups -OCH3 is 1. The highest BCUT2D eigenvalue weighted by molar-refractivity contribution is 7.89. The van der Waals surface area contributed by atoms with Crippen molar-refractivity contribution >= 4 is 38.8 Å². The molecule has 0 unspecified atom stereocenters. The molecule has 3 rings (SSSR count). The first-order valence-corrected chi connectivity index (χ1v) is 13.9. The summed E-state index contributed by atoms with van der Waals surface area (Å²) in [6.07, 6.45) is 2.74. The van der Waals surface area contributed by atoms with Gasteiger partial charge in [-0.05, 0) is 56.2 Å². The number of fused-ring (bicyclic) bond motifs is 1. The van der Waals surface area contributed by atoms with Gasteiger partial charge in [0.05, 0.1) is 12.6 Å². The van der Waals surface area contributed by atoms with Crippen molar-refractivity contribution < 1.29 is 27.8 Å². The summed E-state index contributed by atoms with van der Waals surface area (Å²) in [5.74, 6) is -1.40. The molecule has 3 atom stereocenters. The third-order valence-corrected chi connectivity index (χ3v) is 7.96. The third-order valence-electron chi connectivity index (χ3n) is 6.46. The van der Waals surface area contributed by atoms with Gasteiger partial charge in [0.15, 0.2) is 5.03 Å². The molecule has 0 radical (unpaired) electrons. The number of nitrogens with one attached hydrogen (secondary N) is 2. The molecule has 212 valence electrons. The SMILES string of the molecule is COC(=O)[C@H]1C[C@H](C)CCN1C(=O)[C@H](CCCN=C(N)N[N+](=O)[O-])NS(=O)(=O)c1cccc2cc(C)cnc12. The van der Waals surface area contributed by atoms with Crippen molar-refractivity contribution in [3.8, 4) is 0 Å². The van der Waals surface area contributed by atoms with Crippen LogP contribution in [0.2, 0.25) is 0 Å². The van der Waals surface area contributed by atoms with Gasteiger partial charge in [-0.15, -0.1) is 0 Å². The molecule has 0 saturated carbocycles. The summed E-state index contributed by atoms with van der Waals surface area (Å²) < 4.78 is 34.6. The summed E-state index contributed by atoms with van der Waals surface area (Å²) in [6.45, 7) is 4.05. The molecule has 1 aromatic carbocycles. The first-order chi connectivity index (χ1) is 18.4. The van der Waals surface area contributed by atoms with Crippen molar-refractivity contribution in [3.63, 3.8) is 0 Å². The van der Waals surface area contributed by atoms with Gasteiger partial charge >= 0.3 is 5.97 Å². The van der Waals surface area contributed by atoms with Gasteiger partial charge in [0.2, 0.25) is 15.9 Å². The number of pyridine rings is 1. The Balaban J connectivity index is 1.91. The van der Waals surface area contributed by atoms with Gasteiger partial charge in [0.1, 0.15) is 17.0 Å². The summed E-state index contributed by atoms with van der Waals surface area (Å²) in [4.78, 5) is 46.1. The van der Waals surface area contributed by atoms with Crippen LogP contribution in [0.4, 0.5) is 0 Å². The summed E-state index contributed by atoms with van der Waals surface area (Å²) in [5.41, 5.74) is 8.27. The maximum atomic E-state index is 13.7. The fourth-order valence-corrected chi connectivity index (χ4v) is 5.94. The molecule has 1 aliphatic rings. The molecule has 0 aliphatic carbocycles. The van der Waals surface area contributed by atoms with E-state index in [0.29, 0.717) is 18.2 Å². The van der Waals surface area contributed by atoms with Gasteiger partial charge in [-0.25, -0.2) is 28.3 Å². The molecule has 4 N–H and O–H groups in total. The van der Waals surface area contributed by atoms with Crippen LogP contribution in [0.15, 0.2) is 40.4 Å². The molecule has 1 fully saturated rings. The van der Waals surface area contributed by atoms with Crippen LogP contribution >= 0.6 is 0 Å². The number of hydrogen-bond acceptors (Lipinski definition) is 9. The number of rotatable bonds is 10. The number of hydrogen-bond donors (Lipinski definition) is 3. The topological polar surface area (TPSA) is 199 Å². The third kappa shape index (κ3) is 7.60. The molecule has 1 amide bonds. The number of carbonyl (C=O) groups is 2. The van der Waals surface area contributed by atoms with E-state index in [-0.39, 0.29) is 42.3 Å². The number of amides is 1. The average molecular weight is 564 g/mol.